The van der Waals surface area contributed by atoms with Crippen LogP contribution in [-0.2, 0) is 0 Å². The number of aromatic nitrogens is 7. The Morgan fingerprint density at radius 3 is 2.63 bits per heavy atom. The van der Waals surface area contributed by atoms with Gasteiger partial charge in [-0.15, -0.1) is 0 Å². The van der Waals surface area contributed by atoms with Crippen LogP contribution in [-0.4, -0.2) is 35.1 Å². The van der Waals surface area contributed by atoms with Gasteiger partial charge in [0.25, 0.3) is 0 Å². The Hall–Kier alpha value is -4.92. The van der Waals surface area contributed by atoms with Crippen LogP contribution in [0.3, 0.4) is 0 Å². The van der Waals surface area contributed by atoms with Crippen LogP contribution in [0.25, 0.3) is 56.0 Å². The average molecular weight is 505 g/mol. The number of nitrogens with zero attached hydrogens (tertiary/aromatic N) is 5. The van der Waals surface area contributed by atoms with Crippen molar-refractivity contribution in [3.05, 3.63) is 85.3 Å². The summed E-state index contributed by atoms with van der Waals surface area (Å²) in [6.45, 7) is 10.5. The van der Waals surface area contributed by atoms with Gasteiger partial charge in [0.1, 0.15) is 17.0 Å². The van der Waals surface area contributed by atoms with E-state index in [9.17, 15) is 4.39 Å². The highest BCUT2D eigenvalue weighted by Crippen LogP contribution is 2.32. The number of pyridine rings is 3. The quantitative estimate of drug-likeness (QED) is 0.240. The Morgan fingerprint density at radius 2 is 1.82 bits per heavy atom. The van der Waals surface area contributed by atoms with E-state index >= 15 is 0 Å². The Morgan fingerprint density at radius 1 is 0.974 bits per heavy atom. The zero-order valence-corrected chi connectivity index (χ0v) is 21.2. The maximum atomic E-state index is 13.9. The number of fused-ring (bicyclic) bond motifs is 2. The zero-order valence-electron chi connectivity index (χ0n) is 21.2. The van der Waals surface area contributed by atoms with E-state index in [1.165, 1.54) is 12.1 Å². The van der Waals surface area contributed by atoms with E-state index in [0.717, 1.165) is 33.4 Å². The molecular weight excluding hydrogens is 479 g/mol. The summed E-state index contributed by atoms with van der Waals surface area (Å²) in [7, 11) is 0. The van der Waals surface area contributed by atoms with Crippen molar-refractivity contribution in [1.82, 2.24) is 35.1 Å². The van der Waals surface area contributed by atoms with Crippen molar-refractivity contribution in [2.24, 2.45) is 5.41 Å². The predicted molar refractivity (Wildman–Crippen MR) is 148 cm³/mol. The maximum absolute atomic E-state index is 13.9. The zero-order chi connectivity index (χ0) is 26.4. The Labute approximate surface area is 218 Å². The number of H-pyrrole nitrogens is 2. The third-order valence-electron chi connectivity index (χ3n) is 6.42. The number of benzene rings is 1. The molecule has 0 aliphatic rings. The van der Waals surface area contributed by atoms with Crippen molar-refractivity contribution in [3.63, 3.8) is 0 Å². The lowest BCUT2D eigenvalue weighted by Crippen LogP contribution is -2.15. The Kier molecular flexibility index (Phi) is 5.48. The molecule has 0 fully saturated rings. The summed E-state index contributed by atoms with van der Waals surface area (Å²) < 4.78 is 13.9. The summed E-state index contributed by atoms with van der Waals surface area (Å²) in [4.78, 5) is 21.6. The van der Waals surface area contributed by atoms with Gasteiger partial charge in [-0.3, -0.25) is 15.1 Å². The molecule has 6 aromatic rings. The molecule has 0 unspecified atom stereocenters. The second-order valence-corrected chi connectivity index (χ2v) is 10.2. The smallest absolute Gasteiger partial charge is 0.181 e. The molecule has 0 saturated carbocycles. The molecule has 3 N–H and O–H groups in total. The highest BCUT2D eigenvalue weighted by atomic mass is 19.1. The van der Waals surface area contributed by atoms with Crippen molar-refractivity contribution in [2.75, 3.05) is 5.32 Å². The van der Waals surface area contributed by atoms with Crippen LogP contribution in [0.1, 0.15) is 20.8 Å². The molecule has 188 valence electrons. The molecule has 5 aromatic heterocycles. The SMILES string of the molecule is C=C(Nc1cncc(-c2cnc3n[nH]c(-c4nc5c(-c6cccc(F)c6)nccc5[nH]4)c3c2)c1)C(C)(C)C. The molecule has 0 atom stereocenters. The molecule has 0 spiro atoms. The van der Waals surface area contributed by atoms with E-state index in [-0.39, 0.29) is 11.2 Å². The monoisotopic (exact) mass is 504 g/mol. The van der Waals surface area contributed by atoms with Gasteiger partial charge in [0, 0.05) is 46.4 Å². The number of hydrogen-bond acceptors (Lipinski definition) is 6. The van der Waals surface area contributed by atoms with Crippen LogP contribution < -0.4 is 5.32 Å². The van der Waals surface area contributed by atoms with Crippen LogP contribution in [0.2, 0.25) is 0 Å². The number of rotatable bonds is 5. The molecule has 0 radical (unpaired) electrons. The van der Waals surface area contributed by atoms with E-state index in [4.69, 9.17) is 4.98 Å². The number of anilines is 1. The summed E-state index contributed by atoms with van der Waals surface area (Å²) in [5.74, 6) is 0.258. The van der Waals surface area contributed by atoms with E-state index in [0.29, 0.717) is 33.9 Å². The van der Waals surface area contributed by atoms with Gasteiger partial charge in [-0.25, -0.2) is 14.4 Å². The molecule has 38 heavy (non-hydrogen) atoms. The van der Waals surface area contributed by atoms with Gasteiger partial charge in [-0.2, -0.15) is 5.10 Å². The molecule has 0 aliphatic carbocycles. The van der Waals surface area contributed by atoms with Crippen LogP contribution in [0.4, 0.5) is 10.1 Å². The fourth-order valence-corrected chi connectivity index (χ4v) is 4.17. The molecular formula is C29H25FN8. The number of allylic oxidation sites excluding steroid dienone is 1. The molecule has 0 amide bonds. The Balaban J connectivity index is 1.40. The van der Waals surface area contributed by atoms with E-state index in [1.807, 2.05) is 24.3 Å². The van der Waals surface area contributed by atoms with Gasteiger partial charge in [0.05, 0.1) is 28.5 Å². The number of hydrogen-bond donors (Lipinski definition) is 3. The molecule has 0 aliphatic heterocycles. The van der Waals surface area contributed by atoms with Crippen molar-refractivity contribution in [2.45, 2.75) is 20.8 Å². The van der Waals surface area contributed by atoms with Crippen molar-refractivity contribution in [1.29, 1.82) is 0 Å². The lowest BCUT2D eigenvalue weighted by molar-refractivity contribution is 0.509. The van der Waals surface area contributed by atoms with Gasteiger partial charge in [-0.1, -0.05) is 39.5 Å². The first-order valence-corrected chi connectivity index (χ1v) is 12.1. The minimum Gasteiger partial charge on any atom is -0.358 e. The highest BCUT2D eigenvalue weighted by Gasteiger charge is 2.18. The second kappa shape index (κ2) is 8.88. The first-order chi connectivity index (χ1) is 18.3. The lowest BCUT2D eigenvalue weighted by atomic mass is 9.93. The second-order valence-electron chi connectivity index (χ2n) is 10.2. The molecule has 9 heteroatoms. The van der Waals surface area contributed by atoms with Crippen LogP contribution >= 0.6 is 0 Å². The highest BCUT2D eigenvalue weighted by molar-refractivity contribution is 5.96. The van der Waals surface area contributed by atoms with Crippen LogP contribution in [0, 0.1) is 11.2 Å². The summed E-state index contributed by atoms with van der Waals surface area (Å²) >= 11 is 0. The van der Waals surface area contributed by atoms with Crippen LogP contribution in [0.5, 0.6) is 0 Å². The van der Waals surface area contributed by atoms with Gasteiger partial charge in [-0.05, 0) is 30.3 Å². The van der Waals surface area contributed by atoms with Crippen molar-refractivity contribution >= 4 is 27.8 Å². The normalized spacial score (nSPS) is 11.8. The van der Waals surface area contributed by atoms with Gasteiger partial charge < -0.3 is 10.3 Å². The van der Waals surface area contributed by atoms with E-state index in [1.54, 1.807) is 30.9 Å². The fourth-order valence-electron chi connectivity index (χ4n) is 4.17. The average Bonchev–Trinajstić information content (AvgIpc) is 3.52. The van der Waals surface area contributed by atoms with Crippen molar-refractivity contribution < 1.29 is 4.39 Å². The minimum atomic E-state index is -0.327. The number of aromatic amines is 2. The standard InChI is InChI=1S/C29H25FN8/c1-16(29(2,3)4)34-21-11-18(13-31-15-21)19-12-22-25(37-38-27(22)33-14-19)28-35-23-8-9-32-24(26(23)36-28)17-6-5-7-20(30)10-17/h5-15,34H,1H2,2-4H3,(H,35,36)(H,33,37,38). The minimum absolute atomic E-state index is 0.0845. The van der Waals surface area contributed by atoms with E-state index < -0.39 is 0 Å². The van der Waals surface area contributed by atoms with Gasteiger partial charge in [0.15, 0.2) is 11.5 Å². The lowest BCUT2D eigenvalue weighted by Gasteiger charge is -2.23. The molecule has 5 heterocycles. The largest absolute Gasteiger partial charge is 0.358 e. The summed E-state index contributed by atoms with van der Waals surface area (Å²) in [5.41, 5.74) is 7.39. The summed E-state index contributed by atoms with van der Waals surface area (Å²) in [5, 5.41) is 11.6. The molecule has 8 nitrogen and oxygen atoms in total. The maximum Gasteiger partial charge on any atom is 0.181 e. The third kappa shape index (κ3) is 4.28. The number of imidazole rings is 1. The molecule has 0 saturated heterocycles. The first kappa shape index (κ1) is 23.5. The third-order valence-corrected chi connectivity index (χ3v) is 6.42. The Bertz CT molecular complexity index is 1830. The topological polar surface area (TPSA) is 108 Å². The molecule has 0 bridgehead atoms. The first-order valence-electron chi connectivity index (χ1n) is 12.1. The fraction of sp³-hybridized carbons (Fsp3) is 0.138. The molecule has 1 aromatic carbocycles. The number of nitrogens with one attached hydrogen (secondary N) is 3. The summed E-state index contributed by atoms with van der Waals surface area (Å²) in [6, 6.07) is 12.2. The van der Waals surface area contributed by atoms with E-state index in [2.05, 4.69) is 62.8 Å². The predicted octanol–water partition coefficient (Wildman–Crippen LogP) is 6.74. The van der Waals surface area contributed by atoms with Crippen molar-refractivity contribution in [3.8, 4) is 33.9 Å². The van der Waals surface area contributed by atoms with Crippen LogP contribution in [0.15, 0.2) is 79.5 Å². The van der Waals surface area contributed by atoms with Gasteiger partial charge in [0.2, 0.25) is 0 Å². The van der Waals surface area contributed by atoms with Gasteiger partial charge >= 0.3 is 0 Å². The number of halogens is 1. The summed E-state index contributed by atoms with van der Waals surface area (Å²) in [6.07, 6.45) is 7.02. The molecule has 6 rings (SSSR count).